The van der Waals surface area contributed by atoms with E-state index in [1.807, 2.05) is 24.3 Å². The summed E-state index contributed by atoms with van der Waals surface area (Å²) in [6.45, 7) is 0.190. The van der Waals surface area contributed by atoms with Crippen LogP contribution in [-0.4, -0.2) is 21.1 Å². The first-order chi connectivity index (χ1) is 10.7. The maximum Gasteiger partial charge on any atom is 0.103 e. The normalized spacial score (nSPS) is 10.1. The summed E-state index contributed by atoms with van der Waals surface area (Å²) in [5, 5.41) is 24.8. The van der Waals surface area contributed by atoms with Crippen molar-refractivity contribution in [1.29, 1.82) is 10.5 Å². The van der Waals surface area contributed by atoms with Crippen LogP contribution in [0.2, 0.25) is 0 Å². The summed E-state index contributed by atoms with van der Waals surface area (Å²) < 4.78 is 1.72. The number of nitrogens with zero attached hydrogens (tertiary/aromatic N) is 5. The molecule has 22 heavy (non-hydrogen) atoms. The molecule has 0 amide bonds. The first-order valence-electron chi connectivity index (χ1n) is 6.41. The van der Waals surface area contributed by atoms with Gasteiger partial charge in [-0.05, 0) is 24.3 Å². The molecule has 1 N–H and O–H groups in total. The maximum absolute atomic E-state index is 8.92. The summed E-state index contributed by atoms with van der Waals surface area (Å²) in [7, 11) is 0. The van der Waals surface area contributed by atoms with Gasteiger partial charge in [0.25, 0.3) is 0 Å². The molecule has 0 fully saturated rings. The van der Waals surface area contributed by atoms with Gasteiger partial charge in [0.15, 0.2) is 0 Å². The van der Waals surface area contributed by atoms with E-state index in [2.05, 4.69) is 34.1 Å². The molecule has 3 rings (SSSR count). The van der Waals surface area contributed by atoms with Gasteiger partial charge in [0.05, 0.1) is 40.4 Å². The van der Waals surface area contributed by atoms with Crippen LogP contribution in [0.25, 0.3) is 16.9 Å². The quantitative estimate of drug-likeness (QED) is 0.573. The molecule has 0 radical (unpaired) electrons. The second kappa shape index (κ2) is 5.76. The van der Waals surface area contributed by atoms with Gasteiger partial charge in [0, 0.05) is 11.1 Å². The van der Waals surface area contributed by atoms with Crippen molar-refractivity contribution in [1.82, 2.24) is 14.6 Å². The molecule has 3 heterocycles. The standard InChI is InChI=1S/C15H10N6S/c16-3-4-18-13-6-12(19-9-15(13)22)14-2-1-11-5-10(7-17)8-20-21(11)14/h1-2,5-6,8-9,22H,4H2,(H,18,19). The summed E-state index contributed by atoms with van der Waals surface area (Å²) in [5.74, 6) is 0. The molecule has 0 atom stereocenters. The van der Waals surface area contributed by atoms with Crippen LogP contribution in [0.15, 0.2) is 41.6 Å². The Labute approximate surface area is 132 Å². The molecule has 0 unspecified atom stereocenters. The molecule has 0 saturated heterocycles. The van der Waals surface area contributed by atoms with Crippen LogP contribution in [0, 0.1) is 22.7 Å². The minimum absolute atomic E-state index is 0.190. The van der Waals surface area contributed by atoms with E-state index in [0.717, 1.165) is 16.9 Å². The second-order valence-corrected chi connectivity index (χ2v) is 4.99. The lowest BCUT2D eigenvalue weighted by Gasteiger charge is -2.08. The fourth-order valence-corrected chi connectivity index (χ4v) is 2.32. The van der Waals surface area contributed by atoms with Crippen molar-refractivity contribution in [3.63, 3.8) is 0 Å². The number of hydrogen-bond donors (Lipinski definition) is 2. The van der Waals surface area contributed by atoms with Crippen molar-refractivity contribution in [2.24, 2.45) is 0 Å². The Balaban J connectivity index is 2.08. The Bertz CT molecular complexity index is 931. The van der Waals surface area contributed by atoms with Gasteiger partial charge >= 0.3 is 0 Å². The van der Waals surface area contributed by atoms with Crippen molar-refractivity contribution in [3.05, 3.63) is 42.2 Å². The van der Waals surface area contributed by atoms with Gasteiger partial charge in [-0.15, -0.1) is 12.6 Å². The zero-order valence-corrected chi connectivity index (χ0v) is 12.2. The Kier molecular flexibility index (Phi) is 3.65. The average Bonchev–Trinajstić information content (AvgIpc) is 2.97. The van der Waals surface area contributed by atoms with Crippen LogP contribution < -0.4 is 5.32 Å². The van der Waals surface area contributed by atoms with Crippen molar-refractivity contribution < 1.29 is 0 Å². The number of thiol groups is 1. The molecule has 0 saturated carbocycles. The number of nitriles is 2. The topological polar surface area (TPSA) is 89.8 Å². The number of aromatic nitrogens is 3. The zero-order chi connectivity index (χ0) is 15.5. The van der Waals surface area contributed by atoms with Crippen molar-refractivity contribution in [3.8, 4) is 23.5 Å². The highest BCUT2D eigenvalue weighted by molar-refractivity contribution is 7.80. The van der Waals surface area contributed by atoms with Crippen LogP contribution in [0.4, 0.5) is 5.69 Å². The third-order valence-electron chi connectivity index (χ3n) is 3.13. The summed E-state index contributed by atoms with van der Waals surface area (Å²) in [5.41, 5.74) is 3.56. The maximum atomic E-state index is 8.92. The van der Waals surface area contributed by atoms with E-state index < -0.39 is 0 Å². The van der Waals surface area contributed by atoms with E-state index >= 15 is 0 Å². The molecular weight excluding hydrogens is 296 g/mol. The second-order valence-electron chi connectivity index (χ2n) is 4.51. The molecule has 106 valence electrons. The molecule has 0 aromatic carbocycles. The molecule has 0 spiro atoms. The molecule has 3 aromatic rings. The van der Waals surface area contributed by atoms with Gasteiger partial charge in [-0.3, -0.25) is 4.98 Å². The van der Waals surface area contributed by atoms with Gasteiger partial charge in [-0.1, -0.05) is 0 Å². The van der Waals surface area contributed by atoms with Gasteiger partial charge in [-0.2, -0.15) is 15.6 Å². The minimum atomic E-state index is 0.190. The molecule has 7 heteroatoms. The molecule has 3 aromatic heterocycles. The van der Waals surface area contributed by atoms with Crippen LogP contribution in [0.5, 0.6) is 0 Å². The third kappa shape index (κ3) is 2.46. The SMILES string of the molecule is N#CCNc1cc(-c2ccc3cc(C#N)cnn23)ncc1S. The van der Waals surface area contributed by atoms with Gasteiger partial charge < -0.3 is 5.32 Å². The van der Waals surface area contributed by atoms with Crippen LogP contribution >= 0.6 is 12.6 Å². The predicted molar refractivity (Wildman–Crippen MR) is 84.5 cm³/mol. The Morgan fingerprint density at radius 3 is 2.86 bits per heavy atom. The molecule has 0 aliphatic rings. The summed E-state index contributed by atoms with van der Waals surface area (Å²) in [6.07, 6.45) is 3.14. The lowest BCUT2D eigenvalue weighted by atomic mass is 10.2. The van der Waals surface area contributed by atoms with Crippen LogP contribution in [-0.2, 0) is 0 Å². The number of hydrogen-bond acceptors (Lipinski definition) is 6. The summed E-state index contributed by atoms with van der Waals surface area (Å²) in [4.78, 5) is 5.02. The predicted octanol–water partition coefficient (Wildman–Crippen LogP) is 2.49. The van der Waals surface area contributed by atoms with Gasteiger partial charge in [0.2, 0.25) is 0 Å². The first kappa shape index (κ1) is 13.9. The Morgan fingerprint density at radius 2 is 2.09 bits per heavy atom. The highest BCUT2D eigenvalue weighted by Crippen LogP contribution is 2.26. The number of rotatable bonds is 3. The number of nitrogens with one attached hydrogen (secondary N) is 1. The van der Waals surface area contributed by atoms with Gasteiger partial charge in [-0.25, -0.2) is 4.52 Å². The fourth-order valence-electron chi connectivity index (χ4n) is 2.12. The molecular formula is C15H10N6S. The third-order valence-corrected chi connectivity index (χ3v) is 3.49. The van der Waals surface area contributed by atoms with E-state index in [1.54, 1.807) is 16.8 Å². The van der Waals surface area contributed by atoms with Crippen LogP contribution in [0.1, 0.15) is 5.56 Å². The summed E-state index contributed by atoms with van der Waals surface area (Å²) >= 11 is 4.32. The average molecular weight is 306 g/mol. The van der Waals surface area contributed by atoms with E-state index in [4.69, 9.17) is 10.5 Å². The zero-order valence-electron chi connectivity index (χ0n) is 11.4. The highest BCUT2D eigenvalue weighted by Gasteiger charge is 2.10. The van der Waals surface area contributed by atoms with Crippen LogP contribution in [0.3, 0.4) is 0 Å². The number of anilines is 1. The van der Waals surface area contributed by atoms with E-state index in [1.165, 1.54) is 6.20 Å². The number of pyridine rings is 1. The largest absolute Gasteiger partial charge is 0.371 e. The minimum Gasteiger partial charge on any atom is -0.371 e. The smallest absolute Gasteiger partial charge is 0.103 e. The molecule has 6 nitrogen and oxygen atoms in total. The monoisotopic (exact) mass is 306 g/mol. The van der Waals surface area contributed by atoms with E-state index in [-0.39, 0.29) is 6.54 Å². The molecule has 0 aliphatic carbocycles. The first-order valence-corrected chi connectivity index (χ1v) is 6.86. The molecule has 0 aliphatic heterocycles. The van der Waals surface area contributed by atoms with Gasteiger partial charge in [0.1, 0.15) is 12.6 Å². The summed E-state index contributed by atoms with van der Waals surface area (Å²) in [6, 6.07) is 11.4. The Morgan fingerprint density at radius 1 is 1.23 bits per heavy atom. The van der Waals surface area contributed by atoms with E-state index in [0.29, 0.717) is 16.2 Å². The molecule has 0 bridgehead atoms. The fraction of sp³-hybridized carbons (Fsp3) is 0.0667. The van der Waals surface area contributed by atoms with Crippen molar-refractivity contribution >= 4 is 23.8 Å². The lowest BCUT2D eigenvalue weighted by molar-refractivity contribution is 0.938. The highest BCUT2D eigenvalue weighted by atomic mass is 32.1. The van der Waals surface area contributed by atoms with Crippen molar-refractivity contribution in [2.75, 3.05) is 11.9 Å². The van der Waals surface area contributed by atoms with Crippen molar-refractivity contribution in [2.45, 2.75) is 4.90 Å². The van der Waals surface area contributed by atoms with E-state index in [9.17, 15) is 0 Å². The lowest BCUT2D eigenvalue weighted by Crippen LogP contribution is -2.01. The number of fused-ring (bicyclic) bond motifs is 1. The Hall–Kier alpha value is -3.03.